The lowest BCUT2D eigenvalue weighted by Gasteiger charge is -2.18. The van der Waals surface area contributed by atoms with Crippen LogP contribution in [0.15, 0.2) is 48.5 Å². The SMILES string of the molecule is CNC(=O)[C@@H](CC(=O)O)NC(=O)OCC1c2ccccc2-c2ccccc21. The highest BCUT2D eigenvalue weighted by Crippen LogP contribution is 2.44. The lowest BCUT2D eigenvalue weighted by Crippen LogP contribution is -2.47. The lowest BCUT2D eigenvalue weighted by molar-refractivity contribution is -0.139. The lowest BCUT2D eigenvalue weighted by atomic mass is 9.98. The van der Waals surface area contributed by atoms with E-state index in [4.69, 9.17) is 9.84 Å². The van der Waals surface area contributed by atoms with E-state index in [1.54, 1.807) is 0 Å². The van der Waals surface area contributed by atoms with Crippen molar-refractivity contribution in [3.05, 3.63) is 59.7 Å². The fraction of sp³-hybridized carbons (Fsp3) is 0.250. The van der Waals surface area contributed by atoms with Crippen LogP contribution in [0.2, 0.25) is 0 Å². The molecule has 0 aromatic heterocycles. The van der Waals surface area contributed by atoms with Gasteiger partial charge in [-0.2, -0.15) is 0 Å². The Morgan fingerprint density at radius 2 is 1.59 bits per heavy atom. The topological polar surface area (TPSA) is 105 Å². The summed E-state index contributed by atoms with van der Waals surface area (Å²) >= 11 is 0. The number of carboxylic acids is 1. The normalized spacial score (nSPS) is 13.2. The molecular weight excluding hydrogens is 348 g/mol. The van der Waals surface area contributed by atoms with Crippen molar-refractivity contribution in [3.63, 3.8) is 0 Å². The largest absolute Gasteiger partial charge is 0.481 e. The molecule has 0 fully saturated rings. The zero-order valence-corrected chi connectivity index (χ0v) is 14.8. The number of carbonyl (C=O) groups is 3. The van der Waals surface area contributed by atoms with E-state index in [-0.39, 0.29) is 12.5 Å². The molecule has 0 spiro atoms. The summed E-state index contributed by atoms with van der Waals surface area (Å²) < 4.78 is 5.32. The zero-order chi connectivity index (χ0) is 19.4. The zero-order valence-electron chi connectivity index (χ0n) is 14.8. The Hall–Kier alpha value is -3.35. The Kier molecular flexibility index (Phi) is 5.40. The van der Waals surface area contributed by atoms with E-state index in [1.807, 2.05) is 48.5 Å². The predicted octanol–water partition coefficient (Wildman–Crippen LogP) is 2.11. The van der Waals surface area contributed by atoms with Gasteiger partial charge in [0.2, 0.25) is 5.91 Å². The molecule has 2 aromatic rings. The molecule has 1 aliphatic carbocycles. The molecule has 140 valence electrons. The third kappa shape index (κ3) is 3.92. The van der Waals surface area contributed by atoms with E-state index in [0.29, 0.717) is 0 Å². The van der Waals surface area contributed by atoms with Crippen LogP contribution >= 0.6 is 0 Å². The first-order valence-corrected chi connectivity index (χ1v) is 8.56. The molecule has 7 nitrogen and oxygen atoms in total. The third-order valence-corrected chi connectivity index (χ3v) is 4.58. The fourth-order valence-corrected chi connectivity index (χ4v) is 3.34. The number of hydrogen-bond donors (Lipinski definition) is 3. The first-order valence-electron chi connectivity index (χ1n) is 8.56. The average molecular weight is 368 g/mol. The van der Waals surface area contributed by atoms with Crippen molar-refractivity contribution < 1.29 is 24.2 Å². The number of aliphatic carboxylic acids is 1. The number of likely N-dealkylation sites (N-methyl/N-ethyl adjacent to an activating group) is 1. The van der Waals surface area contributed by atoms with Crippen LogP contribution in [0.5, 0.6) is 0 Å². The summed E-state index contributed by atoms with van der Waals surface area (Å²) in [5.41, 5.74) is 4.35. The number of fused-ring (bicyclic) bond motifs is 3. The van der Waals surface area contributed by atoms with Crippen molar-refractivity contribution in [2.24, 2.45) is 0 Å². The van der Waals surface area contributed by atoms with Gasteiger partial charge in [0, 0.05) is 13.0 Å². The fourth-order valence-electron chi connectivity index (χ4n) is 3.34. The van der Waals surface area contributed by atoms with E-state index in [0.717, 1.165) is 22.3 Å². The van der Waals surface area contributed by atoms with E-state index in [9.17, 15) is 14.4 Å². The molecule has 0 heterocycles. The van der Waals surface area contributed by atoms with Crippen molar-refractivity contribution in [2.75, 3.05) is 13.7 Å². The molecule has 0 saturated heterocycles. The highest BCUT2D eigenvalue weighted by Gasteiger charge is 2.30. The van der Waals surface area contributed by atoms with Gasteiger partial charge in [-0.3, -0.25) is 9.59 Å². The maximum absolute atomic E-state index is 12.1. The van der Waals surface area contributed by atoms with E-state index in [1.165, 1.54) is 7.05 Å². The van der Waals surface area contributed by atoms with Gasteiger partial charge in [0.05, 0.1) is 6.42 Å². The summed E-state index contributed by atoms with van der Waals surface area (Å²) in [6.07, 6.45) is -1.35. The van der Waals surface area contributed by atoms with E-state index in [2.05, 4.69) is 10.6 Å². The Labute approximate surface area is 156 Å². The van der Waals surface area contributed by atoms with Gasteiger partial charge in [-0.15, -0.1) is 0 Å². The van der Waals surface area contributed by atoms with Gasteiger partial charge >= 0.3 is 12.1 Å². The third-order valence-electron chi connectivity index (χ3n) is 4.58. The molecular formula is C20H20N2O5. The minimum Gasteiger partial charge on any atom is -0.481 e. The van der Waals surface area contributed by atoms with E-state index >= 15 is 0 Å². The summed E-state index contributed by atoms with van der Waals surface area (Å²) in [6, 6.07) is 14.7. The van der Waals surface area contributed by atoms with Gasteiger partial charge in [-0.25, -0.2) is 4.79 Å². The molecule has 0 unspecified atom stereocenters. The van der Waals surface area contributed by atoms with Crippen LogP contribution in [0.4, 0.5) is 4.79 Å². The van der Waals surface area contributed by atoms with Gasteiger partial charge < -0.3 is 20.5 Å². The Balaban J connectivity index is 1.70. The van der Waals surface area contributed by atoms with Crippen LogP contribution in [-0.4, -0.2) is 42.8 Å². The standard InChI is InChI=1S/C20H20N2O5/c1-21-19(25)17(10-18(23)24)22-20(26)27-11-16-14-8-4-2-6-12(14)13-7-3-5-9-15(13)16/h2-9,16-17H,10-11H2,1H3,(H,21,25)(H,22,26)(H,23,24)/t17-/m1/s1. The van der Waals surface area contributed by atoms with Crippen molar-refractivity contribution >= 4 is 18.0 Å². The second-order valence-corrected chi connectivity index (χ2v) is 6.23. The number of hydrogen-bond acceptors (Lipinski definition) is 4. The molecule has 27 heavy (non-hydrogen) atoms. The number of amides is 2. The summed E-state index contributed by atoms with van der Waals surface area (Å²) in [5.74, 6) is -1.89. The minimum absolute atomic E-state index is 0.0907. The van der Waals surface area contributed by atoms with Gasteiger partial charge in [0.1, 0.15) is 12.6 Å². The molecule has 7 heteroatoms. The van der Waals surface area contributed by atoms with Crippen LogP contribution in [0.1, 0.15) is 23.5 Å². The van der Waals surface area contributed by atoms with Crippen molar-refractivity contribution in [1.29, 1.82) is 0 Å². The Morgan fingerprint density at radius 3 is 2.11 bits per heavy atom. The van der Waals surface area contributed by atoms with Gasteiger partial charge in [0.25, 0.3) is 0 Å². The summed E-state index contributed by atoms with van der Waals surface area (Å²) in [4.78, 5) is 34.7. The molecule has 1 atom stereocenters. The molecule has 3 rings (SSSR count). The molecule has 0 radical (unpaired) electrons. The molecule has 3 N–H and O–H groups in total. The van der Waals surface area contributed by atoms with Crippen LogP contribution < -0.4 is 10.6 Å². The second kappa shape index (κ2) is 7.90. The summed E-state index contributed by atoms with van der Waals surface area (Å²) in [6.45, 7) is 0.0907. The Morgan fingerprint density at radius 1 is 1.04 bits per heavy atom. The Bertz CT molecular complexity index is 835. The average Bonchev–Trinajstić information content (AvgIpc) is 2.99. The van der Waals surface area contributed by atoms with E-state index < -0.39 is 30.4 Å². The van der Waals surface area contributed by atoms with Gasteiger partial charge in [-0.05, 0) is 22.3 Å². The van der Waals surface area contributed by atoms with Crippen LogP contribution in [-0.2, 0) is 14.3 Å². The number of benzene rings is 2. The number of rotatable bonds is 6. The second-order valence-electron chi connectivity index (χ2n) is 6.23. The molecule has 0 bridgehead atoms. The maximum atomic E-state index is 12.1. The molecule has 0 aliphatic heterocycles. The quantitative estimate of drug-likeness (QED) is 0.724. The molecule has 2 aromatic carbocycles. The number of carboxylic acid groups (broad SMARTS) is 1. The number of nitrogens with one attached hydrogen (secondary N) is 2. The number of alkyl carbamates (subject to hydrolysis) is 1. The summed E-state index contributed by atoms with van der Waals surface area (Å²) in [5, 5.41) is 13.5. The van der Waals surface area contributed by atoms with Crippen LogP contribution in [0.25, 0.3) is 11.1 Å². The van der Waals surface area contributed by atoms with Gasteiger partial charge in [0.15, 0.2) is 0 Å². The van der Waals surface area contributed by atoms with Crippen LogP contribution in [0, 0.1) is 0 Å². The number of carbonyl (C=O) groups excluding carboxylic acids is 2. The van der Waals surface area contributed by atoms with Crippen molar-refractivity contribution in [3.8, 4) is 11.1 Å². The first kappa shape index (κ1) is 18.4. The molecule has 0 saturated carbocycles. The van der Waals surface area contributed by atoms with Gasteiger partial charge in [-0.1, -0.05) is 48.5 Å². The summed E-state index contributed by atoms with van der Waals surface area (Å²) in [7, 11) is 1.37. The molecule has 2 amide bonds. The highest BCUT2D eigenvalue weighted by molar-refractivity contribution is 5.89. The number of ether oxygens (including phenoxy) is 1. The first-order chi connectivity index (χ1) is 13.0. The maximum Gasteiger partial charge on any atom is 0.407 e. The molecule has 1 aliphatic rings. The van der Waals surface area contributed by atoms with Crippen molar-refractivity contribution in [1.82, 2.24) is 10.6 Å². The van der Waals surface area contributed by atoms with Crippen molar-refractivity contribution in [2.45, 2.75) is 18.4 Å². The van der Waals surface area contributed by atoms with Crippen LogP contribution in [0.3, 0.4) is 0 Å². The highest BCUT2D eigenvalue weighted by atomic mass is 16.5. The smallest absolute Gasteiger partial charge is 0.407 e. The monoisotopic (exact) mass is 368 g/mol. The minimum atomic E-state index is -1.19. The predicted molar refractivity (Wildman–Crippen MR) is 98.3 cm³/mol.